The third-order valence-electron chi connectivity index (χ3n) is 3.57. The number of aryl methyl sites for hydroxylation is 1. The first-order chi connectivity index (χ1) is 10.2. The van der Waals surface area contributed by atoms with Crippen LogP contribution in [0.3, 0.4) is 0 Å². The topological polar surface area (TPSA) is 25.2 Å². The molecule has 0 saturated carbocycles. The van der Waals surface area contributed by atoms with Gasteiger partial charge in [0.05, 0.1) is 6.04 Å². The maximum absolute atomic E-state index is 5.92. The lowest BCUT2D eigenvalue weighted by Crippen LogP contribution is -2.16. The van der Waals surface area contributed by atoms with Gasteiger partial charge in [-0.25, -0.2) is 0 Å². The molecule has 0 aliphatic heterocycles. The van der Waals surface area contributed by atoms with E-state index in [9.17, 15) is 0 Å². The predicted molar refractivity (Wildman–Crippen MR) is 92.9 cm³/mol. The molecule has 0 amide bonds. The van der Waals surface area contributed by atoms with Crippen LogP contribution in [0.15, 0.2) is 45.3 Å². The summed E-state index contributed by atoms with van der Waals surface area (Å²) in [6.45, 7) is 5.21. The van der Waals surface area contributed by atoms with Crippen molar-refractivity contribution in [2.45, 2.75) is 32.9 Å². The molecule has 21 heavy (non-hydrogen) atoms. The van der Waals surface area contributed by atoms with Gasteiger partial charge in [0, 0.05) is 26.2 Å². The molecule has 0 spiro atoms. The summed E-state index contributed by atoms with van der Waals surface area (Å²) < 4.78 is 7.00. The van der Waals surface area contributed by atoms with Gasteiger partial charge < -0.3 is 9.73 Å². The minimum absolute atomic E-state index is 0.198. The largest absolute Gasteiger partial charge is 0.459 e. The van der Waals surface area contributed by atoms with Crippen LogP contribution in [0.25, 0.3) is 11.0 Å². The first kappa shape index (κ1) is 14.8. The zero-order valence-corrected chi connectivity index (χ0v) is 14.6. The van der Waals surface area contributed by atoms with Crippen molar-refractivity contribution in [2.75, 3.05) is 0 Å². The summed E-state index contributed by atoms with van der Waals surface area (Å²) in [7, 11) is 0. The minimum Gasteiger partial charge on any atom is -0.459 e. The second-order valence-corrected chi connectivity index (χ2v) is 7.32. The van der Waals surface area contributed by atoms with E-state index in [0.717, 1.165) is 34.2 Å². The van der Waals surface area contributed by atoms with Crippen LogP contribution in [0, 0.1) is 0 Å². The Kier molecular flexibility index (Phi) is 4.48. The zero-order chi connectivity index (χ0) is 14.8. The molecule has 0 fully saturated rings. The molecule has 0 bridgehead atoms. The highest BCUT2D eigenvalue weighted by molar-refractivity contribution is 9.10. The molecule has 1 aromatic carbocycles. The fraction of sp³-hybridized carbons (Fsp3) is 0.294. The van der Waals surface area contributed by atoms with Crippen molar-refractivity contribution in [2.24, 2.45) is 0 Å². The van der Waals surface area contributed by atoms with Gasteiger partial charge in [-0.1, -0.05) is 22.9 Å². The van der Waals surface area contributed by atoms with Crippen LogP contribution >= 0.6 is 27.3 Å². The molecule has 0 radical (unpaired) electrons. The molecular formula is C17H18BrNOS. The second kappa shape index (κ2) is 6.34. The Morgan fingerprint density at radius 2 is 2.00 bits per heavy atom. The van der Waals surface area contributed by atoms with Gasteiger partial charge in [0.25, 0.3) is 0 Å². The third-order valence-corrected chi connectivity index (χ3v) is 5.30. The summed E-state index contributed by atoms with van der Waals surface area (Å²) in [5, 5.41) is 4.67. The number of thiophene rings is 1. The Morgan fingerprint density at radius 1 is 1.19 bits per heavy atom. The average molecular weight is 364 g/mol. The Hall–Kier alpha value is -1.10. The fourth-order valence-corrected chi connectivity index (χ4v) is 3.60. The number of fused-ring (bicyclic) bond motifs is 1. The molecule has 3 aromatic rings. The Balaban J connectivity index is 1.69. The Morgan fingerprint density at radius 3 is 2.76 bits per heavy atom. The smallest absolute Gasteiger partial charge is 0.134 e. The lowest BCUT2D eigenvalue weighted by molar-refractivity contribution is 0.452. The van der Waals surface area contributed by atoms with Crippen LogP contribution in [0.2, 0.25) is 0 Å². The molecule has 4 heteroatoms. The van der Waals surface area contributed by atoms with Crippen molar-refractivity contribution >= 4 is 38.2 Å². The van der Waals surface area contributed by atoms with Gasteiger partial charge in [0.2, 0.25) is 0 Å². The standard InChI is InChI=1S/C17H18BrNOS/c1-3-14-5-6-15(21-14)10-19-11(2)17-9-12-8-13(18)4-7-16(12)20-17/h4-9,11,19H,3,10H2,1-2H3. The first-order valence-corrected chi connectivity index (χ1v) is 8.76. The molecule has 1 atom stereocenters. The number of rotatable bonds is 5. The number of benzene rings is 1. The van der Waals surface area contributed by atoms with E-state index in [1.807, 2.05) is 23.5 Å². The maximum Gasteiger partial charge on any atom is 0.134 e. The monoisotopic (exact) mass is 363 g/mol. The van der Waals surface area contributed by atoms with Crippen molar-refractivity contribution in [3.63, 3.8) is 0 Å². The van der Waals surface area contributed by atoms with Crippen molar-refractivity contribution in [1.82, 2.24) is 5.32 Å². The zero-order valence-electron chi connectivity index (χ0n) is 12.2. The van der Waals surface area contributed by atoms with Gasteiger partial charge in [0.15, 0.2) is 0 Å². The van der Waals surface area contributed by atoms with E-state index in [-0.39, 0.29) is 6.04 Å². The molecule has 2 heterocycles. The maximum atomic E-state index is 5.92. The number of halogens is 1. The molecule has 0 aliphatic carbocycles. The van der Waals surface area contributed by atoms with Gasteiger partial charge >= 0.3 is 0 Å². The molecule has 2 nitrogen and oxygen atoms in total. The van der Waals surface area contributed by atoms with Gasteiger partial charge in [-0.05, 0) is 49.7 Å². The highest BCUT2D eigenvalue weighted by Crippen LogP contribution is 2.27. The summed E-state index contributed by atoms with van der Waals surface area (Å²) in [5.41, 5.74) is 0.936. The van der Waals surface area contributed by atoms with Crippen LogP contribution in [-0.2, 0) is 13.0 Å². The average Bonchev–Trinajstić information content (AvgIpc) is 3.10. The molecule has 2 aromatic heterocycles. The van der Waals surface area contributed by atoms with E-state index in [1.165, 1.54) is 9.75 Å². The normalized spacial score (nSPS) is 12.9. The van der Waals surface area contributed by atoms with E-state index < -0.39 is 0 Å². The van der Waals surface area contributed by atoms with E-state index in [1.54, 1.807) is 0 Å². The second-order valence-electron chi connectivity index (χ2n) is 5.16. The van der Waals surface area contributed by atoms with E-state index >= 15 is 0 Å². The molecule has 0 aliphatic rings. The van der Waals surface area contributed by atoms with Crippen LogP contribution in [0.4, 0.5) is 0 Å². The number of nitrogens with one attached hydrogen (secondary N) is 1. The van der Waals surface area contributed by atoms with E-state index in [0.29, 0.717) is 0 Å². The van der Waals surface area contributed by atoms with Gasteiger partial charge in [-0.3, -0.25) is 0 Å². The number of hydrogen-bond acceptors (Lipinski definition) is 3. The van der Waals surface area contributed by atoms with Crippen LogP contribution in [-0.4, -0.2) is 0 Å². The lowest BCUT2D eigenvalue weighted by Gasteiger charge is -2.09. The summed E-state index contributed by atoms with van der Waals surface area (Å²) in [5.74, 6) is 0.982. The summed E-state index contributed by atoms with van der Waals surface area (Å²) in [6.07, 6.45) is 1.11. The van der Waals surface area contributed by atoms with E-state index in [4.69, 9.17) is 4.42 Å². The van der Waals surface area contributed by atoms with Crippen molar-refractivity contribution < 1.29 is 4.42 Å². The van der Waals surface area contributed by atoms with Crippen LogP contribution in [0.5, 0.6) is 0 Å². The molecule has 1 unspecified atom stereocenters. The quantitative estimate of drug-likeness (QED) is 0.631. The molecule has 0 saturated heterocycles. The molecule has 1 N–H and O–H groups in total. The highest BCUT2D eigenvalue weighted by Gasteiger charge is 2.11. The van der Waals surface area contributed by atoms with Gasteiger partial charge in [-0.2, -0.15) is 0 Å². The highest BCUT2D eigenvalue weighted by atomic mass is 79.9. The van der Waals surface area contributed by atoms with Crippen molar-refractivity contribution in [3.8, 4) is 0 Å². The summed E-state index contributed by atoms with van der Waals surface area (Å²) in [6, 6.07) is 12.8. The fourth-order valence-electron chi connectivity index (χ4n) is 2.31. The van der Waals surface area contributed by atoms with Crippen LogP contribution in [0.1, 0.15) is 35.4 Å². The van der Waals surface area contributed by atoms with Crippen molar-refractivity contribution in [3.05, 3.63) is 56.4 Å². The Bertz CT molecular complexity index is 746. The van der Waals surface area contributed by atoms with Gasteiger partial charge in [0.1, 0.15) is 11.3 Å². The summed E-state index contributed by atoms with van der Waals surface area (Å²) in [4.78, 5) is 2.81. The minimum atomic E-state index is 0.198. The Labute approximate surface area is 137 Å². The molecular weight excluding hydrogens is 346 g/mol. The molecule has 3 rings (SSSR count). The first-order valence-electron chi connectivity index (χ1n) is 7.15. The summed E-state index contributed by atoms with van der Waals surface area (Å²) >= 11 is 5.37. The SMILES string of the molecule is CCc1ccc(CNC(C)c2cc3cc(Br)ccc3o2)s1. The van der Waals surface area contributed by atoms with E-state index in [2.05, 4.69) is 59.4 Å². The lowest BCUT2D eigenvalue weighted by atomic mass is 10.2. The van der Waals surface area contributed by atoms with Crippen LogP contribution < -0.4 is 5.32 Å². The third kappa shape index (κ3) is 3.39. The number of furan rings is 1. The molecule has 110 valence electrons. The van der Waals surface area contributed by atoms with Crippen molar-refractivity contribution in [1.29, 1.82) is 0 Å². The van der Waals surface area contributed by atoms with Gasteiger partial charge in [-0.15, -0.1) is 11.3 Å². The number of hydrogen-bond donors (Lipinski definition) is 1. The predicted octanol–water partition coefficient (Wildman–Crippen LogP) is 5.67.